The van der Waals surface area contributed by atoms with Crippen LogP contribution in [0.15, 0.2) is 25.3 Å². The average Bonchev–Trinajstić information content (AvgIpc) is 2.72. The van der Waals surface area contributed by atoms with Gasteiger partial charge < -0.3 is 28.5 Å². The summed E-state index contributed by atoms with van der Waals surface area (Å²) in [4.78, 5) is 21.7. The number of aliphatic hydroxyl groups excluding tert-OH is 1. The van der Waals surface area contributed by atoms with Gasteiger partial charge in [-0.3, -0.25) is 4.79 Å². The summed E-state index contributed by atoms with van der Waals surface area (Å²) in [6.45, 7) is 16.4. The van der Waals surface area contributed by atoms with Crippen LogP contribution in [-0.4, -0.2) is 77.4 Å². The summed E-state index contributed by atoms with van der Waals surface area (Å²) in [6, 6.07) is 2.00. The molecule has 0 aliphatic carbocycles. The fraction of sp³-hybridized carbons (Fsp3) is 0.727. The number of aldehydes is 1. The molecule has 0 bridgehead atoms. The van der Waals surface area contributed by atoms with Gasteiger partial charge in [0.2, 0.25) is 5.79 Å². The van der Waals surface area contributed by atoms with E-state index in [1.54, 1.807) is 0 Å². The quantitative estimate of drug-likeness (QED) is 0.0509. The minimum atomic E-state index is -1.88. The first kappa shape index (κ1) is 30.9. The van der Waals surface area contributed by atoms with Crippen molar-refractivity contribution in [2.45, 2.75) is 75.9 Å². The van der Waals surface area contributed by atoms with Gasteiger partial charge in [0, 0.05) is 12.7 Å². The van der Waals surface area contributed by atoms with Crippen molar-refractivity contribution in [3.05, 3.63) is 25.3 Å². The predicted molar refractivity (Wildman–Crippen MR) is 129 cm³/mol. The van der Waals surface area contributed by atoms with Crippen molar-refractivity contribution in [1.82, 2.24) is 0 Å². The van der Waals surface area contributed by atoms with Crippen LogP contribution in [0.25, 0.3) is 0 Å². The second kappa shape index (κ2) is 15.6. The first-order valence-electron chi connectivity index (χ1n) is 11.1. The maximum Gasteiger partial charge on any atom is 0.330 e. The van der Waals surface area contributed by atoms with Gasteiger partial charge >= 0.3 is 5.97 Å². The molecule has 2 atom stereocenters. The molecule has 0 rings (SSSR count). The van der Waals surface area contributed by atoms with Crippen molar-refractivity contribution >= 4 is 28.9 Å². The van der Waals surface area contributed by atoms with Gasteiger partial charge in [-0.25, -0.2) is 4.79 Å². The van der Waals surface area contributed by atoms with Crippen molar-refractivity contribution in [2.75, 3.05) is 26.4 Å². The molecule has 0 aromatic rings. The number of aliphatic hydroxyl groups is 2. The Kier molecular flexibility index (Phi) is 15.1. The molecule has 0 saturated heterocycles. The molecule has 0 aromatic heterocycles. The Bertz CT molecular complexity index is 572. The Morgan fingerprint density at radius 2 is 1.62 bits per heavy atom. The average molecular weight is 491 g/mol. The molecule has 10 heteroatoms. The van der Waals surface area contributed by atoms with Crippen LogP contribution in [0.4, 0.5) is 0 Å². The molecular weight excluding hydrogens is 448 g/mol. The smallest absolute Gasteiger partial charge is 0.330 e. The molecule has 0 spiro atoms. The maximum atomic E-state index is 11.0. The first-order chi connectivity index (χ1) is 14.9. The Balaban J connectivity index is 4.01. The molecule has 0 fully saturated rings. The Labute approximate surface area is 194 Å². The van der Waals surface area contributed by atoms with E-state index in [1.807, 2.05) is 0 Å². The van der Waals surface area contributed by atoms with E-state index in [2.05, 4.69) is 39.3 Å². The van der Waals surface area contributed by atoms with Crippen LogP contribution in [-0.2, 0) is 27.9 Å². The van der Waals surface area contributed by atoms with Gasteiger partial charge in [-0.1, -0.05) is 26.0 Å². The normalized spacial score (nSPS) is 14.9. The molecule has 2 N–H and O–H groups in total. The van der Waals surface area contributed by atoms with Gasteiger partial charge in [0.05, 0.1) is 13.2 Å². The minimum Gasteiger partial charge on any atom is -0.460 e. The van der Waals surface area contributed by atoms with E-state index >= 15 is 0 Å². The van der Waals surface area contributed by atoms with E-state index in [9.17, 15) is 19.8 Å². The lowest BCUT2D eigenvalue weighted by molar-refractivity contribution is -0.171. The summed E-state index contributed by atoms with van der Waals surface area (Å²) in [5, 5.41) is 19.4. The number of esters is 1. The lowest BCUT2D eigenvalue weighted by Crippen LogP contribution is -2.44. The predicted octanol–water partition coefficient (Wildman–Crippen LogP) is 3.17. The van der Waals surface area contributed by atoms with E-state index in [4.69, 9.17) is 18.3 Å². The highest BCUT2D eigenvalue weighted by molar-refractivity contribution is 6.84. The van der Waals surface area contributed by atoms with Crippen LogP contribution < -0.4 is 0 Å². The highest BCUT2D eigenvalue weighted by Crippen LogP contribution is 2.24. The zero-order valence-electron chi connectivity index (χ0n) is 20.1. The standard InChI is InChI=1S/C22H42O8Si2/c1-7-21(25)28-18-20(24)17-27-13-12-16-32(5,6)30-31(3,4)15-11-9-10-14-29-22(26,8-2)19-23/h7-8,19-20,24,26H,1-2,9-18H2,3-6H3. The van der Waals surface area contributed by atoms with Gasteiger partial charge in [-0.05, 0) is 57.2 Å². The molecule has 0 saturated carbocycles. The third-order valence-corrected chi connectivity index (χ3v) is 12.3. The third-order valence-electron chi connectivity index (χ3n) is 4.73. The minimum absolute atomic E-state index is 0.105. The second-order valence-corrected chi connectivity index (χ2v) is 17.9. The zero-order chi connectivity index (χ0) is 24.7. The molecule has 186 valence electrons. The van der Waals surface area contributed by atoms with Crippen LogP contribution in [0.2, 0.25) is 38.3 Å². The molecule has 0 aromatic carbocycles. The molecule has 2 unspecified atom stereocenters. The summed E-state index contributed by atoms with van der Waals surface area (Å²) < 4.78 is 22.0. The fourth-order valence-electron chi connectivity index (χ4n) is 3.16. The van der Waals surface area contributed by atoms with Crippen molar-refractivity contribution in [1.29, 1.82) is 0 Å². The van der Waals surface area contributed by atoms with Gasteiger partial charge in [0.15, 0.2) is 22.9 Å². The summed E-state index contributed by atoms with van der Waals surface area (Å²) in [5.41, 5.74) is 0. The van der Waals surface area contributed by atoms with Crippen molar-refractivity contribution in [3.8, 4) is 0 Å². The van der Waals surface area contributed by atoms with E-state index in [-0.39, 0.29) is 13.2 Å². The number of unbranched alkanes of at least 4 members (excludes halogenated alkanes) is 2. The summed E-state index contributed by atoms with van der Waals surface area (Å²) in [5.74, 6) is -2.45. The third kappa shape index (κ3) is 15.6. The van der Waals surface area contributed by atoms with Crippen molar-refractivity contribution in [2.24, 2.45) is 0 Å². The van der Waals surface area contributed by atoms with E-state index < -0.39 is 34.5 Å². The Morgan fingerprint density at radius 1 is 1.00 bits per heavy atom. The van der Waals surface area contributed by atoms with E-state index in [0.717, 1.165) is 49.9 Å². The van der Waals surface area contributed by atoms with Gasteiger partial charge in [-0.15, -0.1) is 0 Å². The number of hydrogen-bond donors (Lipinski definition) is 2. The zero-order valence-corrected chi connectivity index (χ0v) is 22.1. The monoisotopic (exact) mass is 490 g/mol. The Morgan fingerprint density at radius 3 is 2.19 bits per heavy atom. The summed E-state index contributed by atoms with van der Waals surface area (Å²) >= 11 is 0. The second-order valence-electron chi connectivity index (χ2n) is 9.02. The van der Waals surface area contributed by atoms with Gasteiger partial charge in [-0.2, -0.15) is 0 Å². The number of carbonyl (C=O) groups excluding carboxylic acids is 2. The lowest BCUT2D eigenvalue weighted by atomic mass is 10.2. The molecule has 32 heavy (non-hydrogen) atoms. The summed E-state index contributed by atoms with van der Waals surface area (Å²) in [6.07, 6.45) is 5.19. The number of rotatable bonds is 20. The highest BCUT2D eigenvalue weighted by Gasteiger charge is 2.32. The molecule has 0 aliphatic heterocycles. The van der Waals surface area contributed by atoms with Crippen LogP contribution in [0.1, 0.15) is 25.7 Å². The fourth-order valence-corrected chi connectivity index (χ4v) is 12.1. The SMILES string of the molecule is C=CC(=O)OCC(O)COCCC[Si](C)(C)O[Si](C)(C)CCCCCOC(O)(C=C)C=O. The van der Waals surface area contributed by atoms with Crippen molar-refractivity contribution in [3.63, 3.8) is 0 Å². The van der Waals surface area contributed by atoms with Crippen LogP contribution in [0.5, 0.6) is 0 Å². The topological polar surface area (TPSA) is 112 Å². The first-order valence-corrected chi connectivity index (χ1v) is 17.3. The largest absolute Gasteiger partial charge is 0.460 e. The van der Waals surface area contributed by atoms with Crippen LogP contribution in [0.3, 0.4) is 0 Å². The number of hydrogen-bond acceptors (Lipinski definition) is 8. The van der Waals surface area contributed by atoms with E-state index in [0.29, 0.717) is 19.5 Å². The molecule has 0 aliphatic rings. The van der Waals surface area contributed by atoms with E-state index in [1.165, 1.54) is 0 Å². The van der Waals surface area contributed by atoms with Crippen LogP contribution in [0, 0.1) is 0 Å². The molecule has 0 radical (unpaired) electrons. The molecule has 0 heterocycles. The van der Waals surface area contributed by atoms with Gasteiger partial charge in [0.1, 0.15) is 12.7 Å². The lowest BCUT2D eigenvalue weighted by Gasteiger charge is -2.34. The van der Waals surface area contributed by atoms with Gasteiger partial charge in [0.25, 0.3) is 0 Å². The number of ether oxygens (including phenoxy) is 3. The molecular formula is C22H42O8Si2. The van der Waals surface area contributed by atoms with Crippen LogP contribution >= 0.6 is 0 Å². The highest BCUT2D eigenvalue weighted by atomic mass is 28.4. The Hall–Kier alpha value is -1.15. The molecule has 8 nitrogen and oxygen atoms in total. The maximum absolute atomic E-state index is 11.0. The molecule has 0 amide bonds. The number of carbonyl (C=O) groups is 2. The van der Waals surface area contributed by atoms with Crippen molar-refractivity contribution < 1.29 is 38.1 Å². The summed E-state index contributed by atoms with van der Waals surface area (Å²) in [7, 11) is -3.63.